The van der Waals surface area contributed by atoms with E-state index in [2.05, 4.69) is 147 Å². The maximum atomic E-state index is 2.41. The second kappa shape index (κ2) is 8.16. The van der Waals surface area contributed by atoms with E-state index in [1.54, 1.807) is 0 Å². The fourth-order valence-corrected chi connectivity index (χ4v) is 6.77. The predicted molar refractivity (Wildman–Crippen MR) is 167 cm³/mol. The Bertz CT molecular complexity index is 2090. The fourth-order valence-electron chi connectivity index (χ4n) is 6.77. The van der Waals surface area contributed by atoms with Crippen molar-refractivity contribution >= 4 is 32.3 Å². The van der Waals surface area contributed by atoms with E-state index < -0.39 is 0 Å². The summed E-state index contributed by atoms with van der Waals surface area (Å²) in [5.74, 6) is 0. The summed E-state index contributed by atoms with van der Waals surface area (Å²) in [6, 6.07) is 49.5. The van der Waals surface area contributed by atoms with Gasteiger partial charge < -0.3 is 0 Å². The van der Waals surface area contributed by atoms with Gasteiger partial charge in [0.05, 0.1) is 0 Å². The molecule has 1 aliphatic rings. The van der Waals surface area contributed by atoms with E-state index >= 15 is 0 Å². The molecule has 1 aliphatic carbocycles. The number of hydrogen-bond donors (Lipinski definition) is 0. The molecule has 0 atom stereocenters. The van der Waals surface area contributed by atoms with E-state index in [0.717, 1.165) is 0 Å². The summed E-state index contributed by atoms with van der Waals surface area (Å²) in [5.41, 5.74) is 10.6. The van der Waals surface area contributed by atoms with Crippen molar-refractivity contribution in [1.29, 1.82) is 0 Å². The Kier molecular flexibility index (Phi) is 4.67. The Hall–Kier alpha value is -4.68. The topological polar surface area (TPSA) is 0 Å². The Morgan fingerprint density at radius 3 is 1.79 bits per heavy atom. The van der Waals surface area contributed by atoms with Gasteiger partial charge >= 0.3 is 0 Å². The smallest absolute Gasteiger partial charge is 0.0159 e. The van der Waals surface area contributed by atoms with E-state index in [4.69, 9.17) is 0 Å². The van der Waals surface area contributed by atoms with Crippen LogP contribution in [0, 0.1) is 0 Å². The zero-order chi connectivity index (χ0) is 26.1. The molecule has 0 nitrogen and oxygen atoms in total. The van der Waals surface area contributed by atoms with Gasteiger partial charge in [-0.05, 0) is 95.0 Å². The molecule has 0 saturated heterocycles. The quantitative estimate of drug-likeness (QED) is 0.209. The molecule has 184 valence electrons. The highest BCUT2D eigenvalue weighted by molar-refractivity contribution is 6.17. The van der Waals surface area contributed by atoms with E-state index in [0.29, 0.717) is 0 Å². The molecule has 0 spiro atoms. The fraction of sp³-hybridized carbons (Fsp3) is 0.0769. The number of rotatable bonds is 2. The maximum absolute atomic E-state index is 2.41. The summed E-state index contributed by atoms with van der Waals surface area (Å²) in [7, 11) is 0. The lowest BCUT2D eigenvalue weighted by molar-refractivity contribution is 0.660. The second-order valence-corrected chi connectivity index (χ2v) is 11.4. The lowest BCUT2D eigenvalue weighted by Crippen LogP contribution is -2.14. The molecule has 0 bridgehead atoms. The van der Waals surface area contributed by atoms with Gasteiger partial charge in [0.1, 0.15) is 0 Å². The van der Waals surface area contributed by atoms with Crippen LogP contribution in [0.15, 0.2) is 133 Å². The summed E-state index contributed by atoms with van der Waals surface area (Å²) >= 11 is 0. The molecule has 0 aromatic heterocycles. The van der Waals surface area contributed by atoms with Crippen molar-refractivity contribution in [2.24, 2.45) is 0 Å². The molecule has 0 saturated carbocycles. The highest BCUT2D eigenvalue weighted by Gasteiger charge is 2.35. The molecule has 0 heterocycles. The average molecular weight is 497 g/mol. The molecule has 7 aromatic rings. The molecule has 0 fully saturated rings. The summed E-state index contributed by atoms with van der Waals surface area (Å²) in [5, 5.41) is 7.81. The molecule has 0 radical (unpaired) electrons. The van der Waals surface area contributed by atoms with E-state index in [-0.39, 0.29) is 5.41 Å². The Morgan fingerprint density at radius 2 is 0.949 bits per heavy atom. The highest BCUT2D eigenvalue weighted by Crippen LogP contribution is 2.49. The zero-order valence-corrected chi connectivity index (χ0v) is 22.2. The predicted octanol–water partition coefficient (Wildman–Crippen LogP) is 10.8. The highest BCUT2D eigenvalue weighted by atomic mass is 14.4. The SMILES string of the molecule is CC1(C)c2ccccc2-c2ccc(-c3cccc(-c4ccc5c(ccc6c7ccccc7ccc56)c4)c3)cc21. The summed E-state index contributed by atoms with van der Waals surface area (Å²) in [6.45, 7) is 4.69. The van der Waals surface area contributed by atoms with Crippen molar-refractivity contribution in [3.8, 4) is 33.4 Å². The molecule has 0 heteroatoms. The Balaban J connectivity index is 1.21. The molecule has 8 rings (SSSR count). The molecular weight excluding hydrogens is 468 g/mol. The lowest BCUT2D eigenvalue weighted by Gasteiger charge is -2.22. The minimum atomic E-state index is 0.00594. The number of benzene rings is 7. The zero-order valence-electron chi connectivity index (χ0n) is 22.2. The van der Waals surface area contributed by atoms with Crippen LogP contribution in [0.2, 0.25) is 0 Å². The van der Waals surface area contributed by atoms with E-state index in [9.17, 15) is 0 Å². The van der Waals surface area contributed by atoms with Gasteiger partial charge in [0, 0.05) is 5.41 Å². The van der Waals surface area contributed by atoms with Crippen molar-refractivity contribution in [2.75, 3.05) is 0 Å². The van der Waals surface area contributed by atoms with Gasteiger partial charge in [-0.1, -0.05) is 129 Å². The van der Waals surface area contributed by atoms with Gasteiger partial charge in [0.25, 0.3) is 0 Å². The van der Waals surface area contributed by atoms with Crippen LogP contribution in [0.5, 0.6) is 0 Å². The first kappa shape index (κ1) is 22.3. The van der Waals surface area contributed by atoms with Crippen LogP contribution in [0.4, 0.5) is 0 Å². The monoisotopic (exact) mass is 496 g/mol. The van der Waals surface area contributed by atoms with Gasteiger partial charge in [-0.2, -0.15) is 0 Å². The van der Waals surface area contributed by atoms with Crippen LogP contribution in [-0.2, 0) is 5.41 Å². The van der Waals surface area contributed by atoms with Gasteiger partial charge in [0.2, 0.25) is 0 Å². The first-order chi connectivity index (χ1) is 19.1. The minimum absolute atomic E-state index is 0.00594. The van der Waals surface area contributed by atoms with Crippen LogP contribution >= 0.6 is 0 Å². The van der Waals surface area contributed by atoms with Crippen molar-refractivity contribution in [3.05, 3.63) is 145 Å². The van der Waals surface area contributed by atoms with Crippen LogP contribution in [0.3, 0.4) is 0 Å². The van der Waals surface area contributed by atoms with Crippen molar-refractivity contribution in [3.63, 3.8) is 0 Å². The first-order valence-corrected chi connectivity index (χ1v) is 13.8. The van der Waals surface area contributed by atoms with Crippen LogP contribution in [-0.4, -0.2) is 0 Å². The van der Waals surface area contributed by atoms with Crippen molar-refractivity contribution in [1.82, 2.24) is 0 Å². The third-order valence-corrected chi connectivity index (χ3v) is 8.85. The van der Waals surface area contributed by atoms with E-state index in [1.165, 1.54) is 76.8 Å². The molecular formula is C39H28. The number of fused-ring (bicyclic) bond motifs is 8. The average Bonchev–Trinajstić information content (AvgIpc) is 3.22. The minimum Gasteiger partial charge on any atom is -0.0619 e. The second-order valence-electron chi connectivity index (χ2n) is 11.4. The summed E-state index contributed by atoms with van der Waals surface area (Å²) in [4.78, 5) is 0. The Morgan fingerprint density at radius 1 is 0.359 bits per heavy atom. The molecule has 0 N–H and O–H groups in total. The molecule has 0 amide bonds. The molecule has 0 unspecified atom stereocenters. The standard InChI is InChI=1S/C39H28/c1-39(2)37-13-6-5-12-35(37)36-21-16-29(24-38(36)39)27-10-7-9-26(22-27)28-15-18-32-30(23-28)17-20-33-31-11-4-3-8-25(31)14-19-34(32)33/h3-24H,1-2H3. The largest absolute Gasteiger partial charge is 0.0619 e. The van der Waals surface area contributed by atoms with Crippen LogP contribution < -0.4 is 0 Å². The molecule has 39 heavy (non-hydrogen) atoms. The number of hydrogen-bond acceptors (Lipinski definition) is 0. The van der Waals surface area contributed by atoms with Gasteiger partial charge in [-0.15, -0.1) is 0 Å². The maximum Gasteiger partial charge on any atom is 0.0159 e. The van der Waals surface area contributed by atoms with Crippen molar-refractivity contribution in [2.45, 2.75) is 19.3 Å². The third kappa shape index (κ3) is 3.31. The van der Waals surface area contributed by atoms with Crippen LogP contribution in [0.1, 0.15) is 25.0 Å². The summed E-state index contributed by atoms with van der Waals surface area (Å²) < 4.78 is 0. The Labute approximate surface area is 229 Å². The summed E-state index contributed by atoms with van der Waals surface area (Å²) in [6.07, 6.45) is 0. The van der Waals surface area contributed by atoms with Gasteiger partial charge in [-0.3, -0.25) is 0 Å². The van der Waals surface area contributed by atoms with Crippen molar-refractivity contribution < 1.29 is 0 Å². The van der Waals surface area contributed by atoms with Crippen LogP contribution in [0.25, 0.3) is 65.7 Å². The van der Waals surface area contributed by atoms with Gasteiger partial charge in [-0.25, -0.2) is 0 Å². The lowest BCUT2D eigenvalue weighted by atomic mass is 9.81. The van der Waals surface area contributed by atoms with Gasteiger partial charge in [0.15, 0.2) is 0 Å². The van der Waals surface area contributed by atoms with E-state index in [1.807, 2.05) is 0 Å². The normalized spacial score (nSPS) is 13.6. The first-order valence-electron chi connectivity index (χ1n) is 13.8. The third-order valence-electron chi connectivity index (χ3n) is 8.85. The molecule has 0 aliphatic heterocycles. The molecule has 7 aromatic carbocycles.